The first-order valence-corrected chi connectivity index (χ1v) is 6.08. The molecule has 0 heterocycles. The third kappa shape index (κ3) is 3.01. The van der Waals surface area contributed by atoms with E-state index in [1.807, 2.05) is 12.1 Å². The van der Waals surface area contributed by atoms with Gasteiger partial charge in [0.05, 0.1) is 5.56 Å². The Bertz CT molecular complexity index is 579. The minimum absolute atomic E-state index is 0.0840. The molecule has 18 heavy (non-hydrogen) atoms. The van der Waals surface area contributed by atoms with Crippen molar-refractivity contribution in [1.82, 2.24) is 0 Å². The molecule has 0 aromatic heterocycles. The number of hydrogen-bond donors (Lipinski definition) is 0. The summed E-state index contributed by atoms with van der Waals surface area (Å²) in [5, 5.41) is 0. The second-order valence-electron chi connectivity index (χ2n) is 3.85. The Morgan fingerprint density at radius 1 is 1.06 bits per heavy atom. The monoisotopic (exact) mass is 310 g/mol. The first kappa shape index (κ1) is 12.9. The first-order chi connectivity index (χ1) is 8.56. The van der Waals surface area contributed by atoms with Crippen LogP contribution in [0.4, 0.5) is 8.78 Å². The summed E-state index contributed by atoms with van der Waals surface area (Å²) in [5.41, 5.74) is 0.700. The maximum atomic E-state index is 13.4. The molecule has 4 heteroatoms. The van der Waals surface area contributed by atoms with Gasteiger partial charge in [-0.15, -0.1) is 0 Å². The lowest BCUT2D eigenvalue weighted by molar-refractivity contribution is 0.0989. The van der Waals surface area contributed by atoms with E-state index in [4.69, 9.17) is 0 Å². The molecule has 0 aliphatic heterocycles. The summed E-state index contributed by atoms with van der Waals surface area (Å²) in [7, 11) is 0. The second-order valence-corrected chi connectivity index (χ2v) is 4.77. The van der Waals surface area contributed by atoms with Gasteiger partial charge in [0, 0.05) is 17.0 Å². The Balaban J connectivity index is 2.19. The van der Waals surface area contributed by atoms with Crippen molar-refractivity contribution in [2.45, 2.75) is 6.42 Å². The van der Waals surface area contributed by atoms with Crippen LogP contribution in [0.2, 0.25) is 0 Å². The fraction of sp³-hybridized carbons (Fsp3) is 0.0714. The van der Waals surface area contributed by atoms with Crippen molar-refractivity contribution in [3.05, 3.63) is 69.7 Å². The summed E-state index contributed by atoms with van der Waals surface area (Å²) in [6.07, 6.45) is 0.0931. The van der Waals surface area contributed by atoms with Crippen LogP contribution in [0.1, 0.15) is 15.9 Å². The quantitative estimate of drug-likeness (QED) is 0.778. The topological polar surface area (TPSA) is 17.1 Å². The molecule has 0 spiro atoms. The summed E-state index contributed by atoms with van der Waals surface area (Å²) in [6, 6.07) is 10.2. The van der Waals surface area contributed by atoms with E-state index in [2.05, 4.69) is 15.9 Å². The average Bonchev–Trinajstić information content (AvgIpc) is 2.32. The minimum atomic E-state index is -0.822. The van der Waals surface area contributed by atoms with Crippen LogP contribution in [-0.2, 0) is 6.42 Å². The van der Waals surface area contributed by atoms with Crippen LogP contribution < -0.4 is 0 Å². The highest BCUT2D eigenvalue weighted by molar-refractivity contribution is 9.10. The summed E-state index contributed by atoms with van der Waals surface area (Å²) >= 11 is 3.29. The van der Waals surface area contributed by atoms with Crippen LogP contribution >= 0.6 is 15.9 Å². The zero-order chi connectivity index (χ0) is 13.1. The van der Waals surface area contributed by atoms with E-state index < -0.39 is 11.6 Å². The van der Waals surface area contributed by atoms with E-state index in [-0.39, 0.29) is 17.8 Å². The Labute approximate surface area is 112 Å². The van der Waals surface area contributed by atoms with E-state index in [9.17, 15) is 13.6 Å². The molecule has 2 aromatic carbocycles. The van der Waals surface area contributed by atoms with E-state index in [1.54, 1.807) is 12.1 Å². The summed E-state index contributed by atoms with van der Waals surface area (Å²) in [6.45, 7) is 0. The fourth-order valence-electron chi connectivity index (χ4n) is 1.60. The Kier molecular flexibility index (Phi) is 3.87. The van der Waals surface area contributed by atoms with Crippen molar-refractivity contribution in [3.8, 4) is 0 Å². The zero-order valence-corrected chi connectivity index (χ0v) is 10.9. The van der Waals surface area contributed by atoms with E-state index in [0.717, 1.165) is 22.2 Å². The Morgan fingerprint density at radius 2 is 1.72 bits per heavy atom. The number of halogens is 3. The summed E-state index contributed by atoms with van der Waals surface area (Å²) in [5.74, 6) is -1.88. The maximum absolute atomic E-state index is 13.4. The Morgan fingerprint density at radius 3 is 2.33 bits per heavy atom. The van der Waals surface area contributed by atoms with Gasteiger partial charge >= 0.3 is 0 Å². The van der Waals surface area contributed by atoms with Gasteiger partial charge in [-0.25, -0.2) is 8.78 Å². The highest BCUT2D eigenvalue weighted by Gasteiger charge is 2.12. The highest BCUT2D eigenvalue weighted by Crippen LogP contribution is 2.15. The van der Waals surface area contributed by atoms with Gasteiger partial charge in [0.1, 0.15) is 11.6 Å². The number of Topliss-reactive ketones (excluding diaryl/α,β-unsaturated/α-hetero) is 1. The normalized spacial score (nSPS) is 10.4. The summed E-state index contributed by atoms with van der Waals surface area (Å²) < 4.78 is 27.0. The van der Waals surface area contributed by atoms with Gasteiger partial charge in [0.25, 0.3) is 0 Å². The molecule has 0 aliphatic rings. The highest BCUT2D eigenvalue weighted by atomic mass is 79.9. The summed E-state index contributed by atoms with van der Waals surface area (Å²) in [4.78, 5) is 11.9. The molecule has 0 radical (unpaired) electrons. The number of benzene rings is 2. The number of carbonyl (C=O) groups excluding carboxylic acids is 1. The molecule has 0 atom stereocenters. The lowest BCUT2D eigenvalue weighted by atomic mass is 10.0. The largest absolute Gasteiger partial charge is 0.294 e. The van der Waals surface area contributed by atoms with Crippen LogP contribution in [0.15, 0.2) is 46.9 Å². The maximum Gasteiger partial charge on any atom is 0.170 e. The standard InChI is InChI=1S/C14H9BrF2O/c15-10-3-1-9(2-4-10)7-14(18)12-6-5-11(16)8-13(12)17/h1-6,8H,7H2. The minimum Gasteiger partial charge on any atom is -0.294 e. The molecule has 0 fully saturated rings. The third-order valence-electron chi connectivity index (χ3n) is 2.51. The van der Waals surface area contributed by atoms with E-state index >= 15 is 0 Å². The average molecular weight is 311 g/mol. The number of rotatable bonds is 3. The lowest BCUT2D eigenvalue weighted by Crippen LogP contribution is -2.06. The molecule has 0 N–H and O–H groups in total. The van der Waals surface area contributed by atoms with Crippen molar-refractivity contribution in [2.75, 3.05) is 0 Å². The molecule has 0 unspecified atom stereocenters. The van der Waals surface area contributed by atoms with Crippen molar-refractivity contribution in [3.63, 3.8) is 0 Å². The predicted molar refractivity (Wildman–Crippen MR) is 68.5 cm³/mol. The lowest BCUT2D eigenvalue weighted by Gasteiger charge is -2.03. The van der Waals surface area contributed by atoms with Gasteiger partial charge in [0.15, 0.2) is 5.78 Å². The SMILES string of the molecule is O=C(Cc1ccc(Br)cc1)c1ccc(F)cc1F. The van der Waals surface area contributed by atoms with Crippen LogP contribution in [0.5, 0.6) is 0 Å². The van der Waals surface area contributed by atoms with E-state index in [0.29, 0.717) is 0 Å². The molecule has 0 saturated heterocycles. The predicted octanol–water partition coefficient (Wildman–Crippen LogP) is 4.15. The second kappa shape index (κ2) is 5.40. The van der Waals surface area contributed by atoms with Crippen LogP contribution in [0.3, 0.4) is 0 Å². The molecule has 0 amide bonds. The number of carbonyl (C=O) groups is 1. The van der Waals surface area contributed by atoms with Gasteiger partial charge in [-0.2, -0.15) is 0 Å². The van der Waals surface area contributed by atoms with Crippen LogP contribution in [0.25, 0.3) is 0 Å². The molecule has 0 bridgehead atoms. The Hall–Kier alpha value is -1.55. The molecular formula is C14H9BrF2O. The van der Waals surface area contributed by atoms with Gasteiger partial charge in [-0.1, -0.05) is 28.1 Å². The molecular weight excluding hydrogens is 302 g/mol. The molecule has 2 aromatic rings. The molecule has 2 rings (SSSR count). The number of hydrogen-bond acceptors (Lipinski definition) is 1. The van der Waals surface area contributed by atoms with Crippen molar-refractivity contribution >= 4 is 21.7 Å². The third-order valence-corrected chi connectivity index (χ3v) is 3.04. The molecule has 0 saturated carbocycles. The molecule has 92 valence electrons. The number of ketones is 1. The van der Waals surface area contributed by atoms with Gasteiger partial charge in [-0.05, 0) is 29.8 Å². The zero-order valence-electron chi connectivity index (χ0n) is 9.29. The molecule has 0 aliphatic carbocycles. The smallest absolute Gasteiger partial charge is 0.170 e. The van der Waals surface area contributed by atoms with E-state index in [1.165, 1.54) is 6.07 Å². The van der Waals surface area contributed by atoms with Crippen LogP contribution in [0, 0.1) is 11.6 Å². The van der Waals surface area contributed by atoms with Crippen molar-refractivity contribution in [1.29, 1.82) is 0 Å². The fourth-order valence-corrected chi connectivity index (χ4v) is 1.86. The van der Waals surface area contributed by atoms with Crippen molar-refractivity contribution in [2.24, 2.45) is 0 Å². The van der Waals surface area contributed by atoms with Gasteiger partial charge < -0.3 is 0 Å². The first-order valence-electron chi connectivity index (χ1n) is 5.29. The molecule has 1 nitrogen and oxygen atoms in total. The van der Waals surface area contributed by atoms with Crippen LogP contribution in [-0.4, -0.2) is 5.78 Å². The van der Waals surface area contributed by atoms with Crippen molar-refractivity contribution < 1.29 is 13.6 Å². The van der Waals surface area contributed by atoms with Gasteiger partial charge in [0.2, 0.25) is 0 Å². The van der Waals surface area contributed by atoms with Gasteiger partial charge in [-0.3, -0.25) is 4.79 Å².